The number of halogens is 2. The van der Waals surface area contributed by atoms with Crippen LogP contribution in [0.25, 0.3) is 11.0 Å². The second-order valence-electron chi connectivity index (χ2n) is 5.62. The third-order valence-corrected chi connectivity index (χ3v) is 4.31. The van der Waals surface area contributed by atoms with Crippen LogP contribution in [0.3, 0.4) is 0 Å². The number of hydrogen-bond donors (Lipinski definition) is 0. The van der Waals surface area contributed by atoms with Gasteiger partial charge in [0.1, 0.15) is 11.6 Å². The minimum Gasteiger partial charge on any atom is -0.326 e. The Balaban J connectivity index is 1.92. The maximum Gasteiger partial charge on any atom is 0.128 e. The van der Waals surface area contributed by atoms with Gasteiger partial charge in [-0.25, -0.2) is 9.37 Å². The Labute approximate surface area is 123 Å². The van der Waals surface area contributed by atoms with Crippen LogP contribution in [0.4, 0.5) is 4.39 Å². The highest BCUT2D eigenvalue weighted by molar-refractivity contribution is 6.16. The van der Waals surface area contributed by atoms with Crippen LogP contribution >= 0.6 is 11.6 Å². The third kappa shape index (κ3) is 2.54. The quantitative estimate of drug-likeness (QED) is 0.789. The molecular formula is C15H19ClFN3. The van der Waals surface area contributed by atoms with Crippen molar-refractivity contribution in [2.45, 2.75) is 38.2 Å². The summed E-state index contributed by atoms with van der Waals surface area (Å²) in [4.78, 5) is 6.82. The Morgan fingerprint density at radius 1 is 1.45 bits per heavy atom. The van der Waals surface area contributed by atoms with Crippen molar-refractivity contribution in [1.29, 1.82) is 0 Å². The largest absolute Gasteiger partial charge is 0.326 e. The molecule has 1 saturated carbocycles. The van der Waals surface area contributed by atoms with E-state index in [0.717, 1.165) is 30.5 Å². The fraction of sp³-hybridized carbons (Fsp3) is 0.533. The van der Waals surface area contributed by atoms with Crippen molar-refractivity contribution in [2.75, 3.05) is 13.6 Å². The average Bonchev–Trinajstić information content (AvgIpc) is 3.21. The predicted octanol–water partition coefficient (Wildman–Crippen LogP) is 3.32. The van der Waals surface area contributed by atoms with Crippen LogP contribution in [0.1, 0.15) is 24.2 Å². The van der Waals surface area contributed by atoms with Gasteiger partial charge in [-0.05, 0) is 38.4 Å². The van der Waals surface area contributed by atoms with Crippen molar-refractivity contribution in [1.82, 2.24) is 14.5 Å². The summed E-state index contributed by atoms with van der Waals surface area (Å²) in [6.45, 7) is 3.59. The van der Waals surface area contributed by atoms with E-state index < -0.39 is 0 Å². The molecule has 1 aromatic heterocycles. The fourth-order valence-electron chi connectivity index (χ4n) is 2.61. The summed E-state index contributed by atoms with van der Waals surface area (Å²) in [5, 5.41) is 0. The normalized spacial score (nSPS) is 15.4. The first-order valence-corrected chi connectivity index (χ1v) is 7.55. The van der Waals surface area contributed by atoms with Crippen molar-refractivity contribution in [3.63, 3.8) is 0 Å². The highest BCUT2D eigenvalue weighted by Gasteiger charge is 2.25. The molecule has 108 valence electrons. The molecule has 0 radical (unpaired) electrons. The van der Waals surface area contributed by atoms with Crippen molar-refractivity contribution in [3.05, 3.63) is 29.3 Å². The lowest BCUT2D eigenvalue weighted by Gasteiger charge is -2.17. The number of rotatable bonds is 5. The Morgan fingerprint density at radius 2 is 2.20 bits per heavy atom. The Hall–Kier alpha value is -1.13. The molecule has 0 bridgehead atoms. The lowest BCUT2D eigenvalue weighted by molar-refractivity contribution is 0.309. The number of imidazole rings is 1. The molecule has 20 heavy (non-hydrogen) atoms. The maximum absolute atomic E-state index is 13.6. The van der Waals surface area contributed by atoms with E-state index in [1.165, 1.54) is 18.9 Å². The molecule has 0 saturated heterocycles. The molecule has 5 heteroatoms. The van der Waals surface area contributed by atoms with Crippen molar-refractivity contribution in [3.8, 4) is 0 Å². The molecule has 0 amide bonds. The van der Waals surface area contributed by atoms with Gasteiger partial charge in [0.25, 0.3) is 0 Å². The van der Waals surface area contributed by atoms with Crippen LogP contribution in [-0.4, -0.2) is 34.1 Å². The summed E-state index contributed by atoms with van der Waals surface area (Å²) >= 11 is 5.98. The number of nitrogens with zero attached hydrogens (tertiary/aromatic N) is 3. The number of aromatic nitrogens is 2. The second kappa shape index (κ2) is 5.34. The summed E-state index contributed by atoms with van der Waals surface area (Å²) in [7, 11) is 2.15. The van der Waals surface area contributed by atoms with E-state index >= 15 is 0 Å². The standard InChI is InChI=1S/C15H19ClFN3/c1-10-7-14-13(8-12(10)17)18-15(9-16)20(14)6-5-19(2)11-3-4-11/h7-8,11H,3-6,9H2,1-2H3. The van der Waals surface area contributed by atoms with Gasteiger partial charge in [0.2, 0.25) is 0 Å². The monoisotopic (exact) mass is 295 g/mol. The number of alkyl halides is 1. The van der Waals surface area contributed by atoms with E-state index in [4.69, 9.17) is 11.6 Å². The first-order valence-electron chi connectivity index (χ1n) is 7.01. The van der Waals surface area contributed by atoms with Gasteiger partial charge >= 0.3 is 0 Å². The van der Waals surface area contributed by atoms with Gasteiger partial charge in [0.15, 0.2) is 0 Å². The molecule has 1 aliphatic rings. The lowest BCUT2D eigenvalue weighted by Crippen LogP contribution is -2.25. The van der Waals surface area contributed by atoms with Crippen LogP contribution < -0.4 is 0 Å². The van der Waals surface area contributed by atoms with Crippen molar-refractivity contribution >= 4 is 22.6 Å². The molecule has 0 spiro atoms. The SMILES string of the molecule is Cc1cc2c(cc1F)nc(CCl)n2CCN(C)C1CC1. The summed E-state index contributed by atoms with van der Waals surface area (Å²) in [5.41, 5.74) is 2.32. The minimum absolute atomic E-state index is 0.210. The van der Waals surface area contributed by atoms with Gasteiger partial charge in [-0.2, -0.15) is 0 Å². The molecule has 3 rings (SSSR count). The van der Waals surface area contributed by atoms with Crippen LogP contribution in [0, 0.1) is 12.7 Å². The van der Waals surface area contributed by atoms with Crippen LogP contribution in [0.5, 0.6) is 0 Å². The molecule has 1 aliphatic carbocycles. The van der Waals surface area contributed by atoms with Crippen LogP contribution in [-0.2, 0) is 12.4 Å². The van der Waals surface area contributed by atoms with Gasteiger partial charge in [-0.3, -0.25) is 0 Å². The highest BCUT2D eigenvalue weighted by atomic mass is 35.5. The molecular weight excluding hydrogens is 277 g/mol. The molecule has 0 atom stereocenters. The zero-order chi connectivity index (χ0) is 14.3. The lowest BCUT2D eigenvalue weighted by atomic mass is 10.2. The van der Waals surface area contributed by atoms with Gasteiger partial charge in [0.05, 0.1) is 16.9 Å². The Bertz CT molecular complexity index is 634. The van der Waals surface area contributed by atoms with Gasteiger partial charge < -0.3 is 9.47 Å². The molecule has 1 aromatic carbocycles. The molecule has 0 aliphatic heterocycles. The molecule has 0 unspecified atom stereocenters. The zero-order valence-electron chi connectivity index (χ0n) is 11.9. The van der Waals surface area contributed by atoms with Crippen LogP contribution in [0.15, 0.2) is 12.1 Å². The van der Waals surface area contributed by atoms with Gasteiger partial charge in [0, 0.05) is 25.2 Å². The number of fused-ring (bicyclic) bond motifs is 1. The summed E-state index contributed by atoms with van der Waals surface area (Å²) in [6, 6.07) is 4.11. The Kier molecular flexibility index (Phi) is 3.69. The first-order chi connectivity index (χ1) is 9.60. The number of hydrogen-bond acceptors (Lipinski definition) is 2. The topological polar surface area (TPSA) is 21.1 Å². The predicted molar refractivity (Wildman–Crippen MR) is 79.6 cm³/mol. The zero-order valence-corrected chi connectivity index (χ0v) is 12.6. The minimum atomic E-state index is -0.210. The first kappa shape index (κ1) is 13.8. The number of benzene rings is 1. The van der Waals surface area contributed by atoms with E-state index in [2.05, 4.69) is 21.5 Å². The highest BCUT2D eigenvalue weighted by Crippen LogP contribution is 2.26. The van der Waals surface area contributed by atoms with Gasteiger partial charge in [-0.15, -0.1) is 11.6 Å². The third-order valence-electron chi connectivity index (χ3n) is 4.07. The van der Waals surface area contributed by atoms with Gasteiger partial charge in [-0.1, -0.05) is 0 Å². The average molecular weight is 296 g/mol. The van der Waals surface area contributed by atoms with Crippen LogP contribution in [0.2, 0.25) is 0 Å². The Morgan fingerprint density at radius 3 is 2.85 bits per heavy atom. The smallest absolute Gasteiger partial charge is 0.128 e. The fourth-order valence-corrected chi connectivity index (χ4v) is 2.81. The molecule has 2 aromatic rings. The maximum atomic E-state index is 13.6. The summed E-state index contributed by atoms with van der Waals surface area (Å²) in [5.74, 6) is 0.955. The summed E-state index contributed by atoms with van der Waals surface area (Å²) in [6.07, 6.45) is 2.60. The number of likely N-dealkylation sites (N-methyl/N-ethyl adjacent to an activating group) is 1. The molecule has 1 fully saturated rings. The van der Waals surface area contributed by atoms with E-state index in [1.807, 2.05) is 6.07 Å². The second-order valence-corrected chi connectivity index (χ2v) is 5.88. The summed E-state index contributed by atoms with van der Waals surface area (Å²) < 4.78 is 15.7. The van der Waals surface area contributed by atoms with E-state index in [9.17, 15) is 4.39 Å². The van der Waals surface area contributed by atoms with E-state index in [0.29, 0.717) is 17.0 Å². The molecule has 3 nitrogen and oxygen atoms in total. The molecule has 1 heterocycles. The van der Waals surface area contributed by atoms with Crippen molar-refractivity contribution in [2.24, 2.45) is 0 Å². The molecule has 0 N–H and O–H groups in total. The van der Waals surface area contributed by atoms with Crippen molar-refractivity contribution < 1.29 is 4.39 Å². The number of aryl methyl sites for hydroxylation is 1. The van der Waals surface area contributed by atoms with E-state index in [1.54, 1.807) is 6.92 Å². The van der Waals surface area contributed by atoms with E-state index in [-0.39, 0.29) is 5.82 Å².